The largest absolute Gasteiger partial charge is 0.466 e. The van der Waals surface area contributed by atoms with Crippen LogP contribution >= 0.6 is 0 Å². The number of carbonyl (C=O) groups is 2. The van der Waals surface area contributed by atoms with E-state index in [2.05, 4.69) is 0 Å². The molecule has 0 amide bonds. The molecule has 1 saturated carbocycles. The molecule has 0 heterocycles. The first kappa shape index (κ1) is 13.1. The second kappa shape index (κ2) is 5.55. The monoisotopic (exact) mass is 252 g/mol. The van der Waals surface area contributed by atoms with E-state index in [1.54, 1.807) is 0 Å². The van der Waals surface area contributed by atoms with Crippen molar-refractivity contribution in [3.63, 3.8) is 0 Å². The third-order valence-electron chi connectivity index (χ3n) is 3.75. The Morgan fingerprint density at radius 3 is 2.72 bits per heavy atom. The van der Waals surface area contributed by atoms with Gasteiger partial charge in [-0.1, -0.05) is 6.08 Å². The van der Waals surface area contributed by atoms with Crippen LogP contribution in [0, 0.1) is 17.8 Å². The van der Waals surface area contributed by atoms with Gasteiger partial charge >= 0.3 is 11.9 Å². The van der Waals surface area contributed by atoms with E-state index in [9.17, 15) is 9.59 Å². The van der Waals surface area contributed by atoms with Crippen LogP contribution in [0.2, 0.25) is 0 Å². The lowest BCUT2D eigenvalue weighted by atomic mass is 10.0. The highest BCUT2D eigenvalue weighted by atomic mass is 16.5. The quantitative estimate of drug-likeness (QED) is 0.570. The van der Waals surface area contributed by atoms with Gasteiger partial charge in [-0.05, 0) is 44.1 Å². The number of esters is 2. The summed E-state index contributed by atoms with van der Waals surface area (Å²) >= 11 is 0. The van der Waals surface area contributed by atoms with Crippen LogP contribution in [0.15, 0.2) is 12.2 Å². The molecule has 4 atom stereocenters. The lowest BCUT2D eigenvalue weighted by Gasteiger charge is -2.14. The van der Waals surface area contributed by atoms with Crippen LogP contribution in [0.3, 0.4) is 0 Å². The van der Waals surface area contributed by atoms with Gasteiger partial charge in [0.2, 0.25) is 0 Å². The molecule has 0 saturated heterocycles. The summed E-state index contributed by atoms with van der Waals surface area (Å²) in [6.45, 7) is 3.70. The molecule has 2 rings (SSSR count). The van der Waals surface area contributed by atoms with E-state index >= 15 is 0 Å². The van der Waals surface area contributed by atoms with Crippen molar-refractivity contribution < 1.29 is 19.1 Å². The van der Waals surface area contributed by atoms with Crippen LogP contribution in [0.5, 0.6) is 0 Å². The molecule has 2 aliphatic carbocycles. The van der Waals surface area contributed by atoms with Gasteiger partial charge in [0, 0.05) is 6.92 Å². The van der Waals surface area contributed by atoms with E-state index in [4.69, 9.17) is 9.47 Å². The van der Waals surface area contributed by atoms with Crippen LogP contribution in [-0.4, -0.2) is 24.6 Å². The first-order valence-corrected chi connectivity index (χ1v) is 6.64. The van der Waals surface area contributed by atoms with E-state index in [-0.39, 0.29) is 24.0 Å². The van der Waals surface area contributed by atoms with Gasteiger partial charge in [-0.3, -0.25) is 9.59 Å². The highest BCUT2D eigenvalue weighted by Gasteiger charge is 2.54. The fraction of sp³-hybridized carbons (Fsp3) is 0.714. The number of carbonyl (C=O) groups excluding carboxylic acids is 2. The molecule has 100 valence electrons. The number of hydrogen-bond acceptors (Lipinski definition) is 4. The van der Waals surface area contributed by atoms with Crippen LogP contribution in [0.25, 0.3) is 0 Å². The number of fused-ring (bicyclic) bond motifs is 1. The van der Waals surface area contributed by atoms with E-state index in [0.717, 1.165) is 19.3 Å². The molecule has 0 N–H and O–H groups in total. The zero-order valence-electron chi connectivity index (χ0n) is 10.9. The fourth-order valence-electron chi connectivity index (χ4n) is 2.90. The third kappa shape index (κ3) is 2.92. The minimum Gasteiger partial charge on any atom is -0.466 e. The predicted octanol–water partition coefficient (Wildman–Crippen LogP) is 2.08. The molecule has 0 aliphatic heterocycles. The average molecular weight is 252 g/mol. The van der Waals surface area contributed by atoms with E-state index in [0.29, 0.717) is 18.4 Å². The van der Waals surface area contributed by atoms with Crippen molar-refractivity contribution in [2.75, 3.05) is 6.61 Å². The van der Waals surface area contributed by atoms with Crippen molar-refractivity contribution in [3.05, 3.63) is 12.2 Å². The summed E-state index contributed by atoms with van der Waals surface area (Å²) in [6, 6.07) is 0. The minimum absolute atomic E-state index is 0.0608. The predicted molar refractivity (Wildman–Crippen MR) is 65.6 cm³/mol. The van der Waals surface area contributed by atoms with Gasteiger partial charge in [-0.15, -0.1) is 0 Å². The number of hydrogen-bond donors (Lipinski definition) is 0. The SMILES string of the molecule is CCOC(=O)[C@@H]1[C@@H]2C/C=C\[C@H](OC(C)=O)CC[C@@H]21. The fourth-order valence-corrected chi connectivity index (χ4v) is 2.90. The summed E-state index contributed by atoms with van der Waals surface area (Å²) in [6.07, 6.45) is 6.45. The summed E-state index contributed by atoms with van der Waals surface area (Å²) in [7, 11) is 0. The Balaban J connectivity index is 1.89. The molecule has 0 aromatic carbocycles. The average Bonchev–Trinajstić information content (AvgIpc) is 2.94. The maximum absolute atomic E-state index is 11.7. The topological polar surface area (TPSA) is 52.6 Å². The Kier molecular flexibility index (Phi) is 4.04. The van der Waals surface area contributed by atoms with E-state index in [1.165, 1.54) is 6.92 Å². The first-order chi connectivity index (χ1) is 8.63. The Bertz CT molecular complexity index is 361. The molecule has 0 aromatic rings. The Morgan fingerprint density at radius 1 is 1.28 bits per heavy atom. The van der Waals surface area contributed by atoms with Crippen LogP contribution in [0.4, 0.5) is 0 Å². The Morgan fingerprint density at radius 2 is 2.06 bits per heavy atom. The van der Waals surface area contributed by atoms with E-state index < -0.39 is 0 Å². The molecule has 0 spiro atoms. The number of rotatable bonds is 3. The van der Waals surface area contributed by atoms with Crippen LogP contribution in [-0.2, 0) is 19.1 Å². The van der Waals surface area contributed by atoms with Crippen molar-refractivity contribution in [1.29, 1.82) is 0 Å². The molecule has 0 bridgehead atoms. The highest BCUT2D eigenvalue weighted by Crippen LogP contribution is 2.53. The molecule has 18 heavy (non-hydrogen) atoms. The molecular formula is C14H20O4. The number of allylic oxidation sites excluding steroid dienone is 1. The molecule has 1 fully saturated rings. The summed E-state index contributed by atoms with van der Waals surface area (Å²) in [4.78, 5) is 22.7. The Hall–Kier alpha value is -1.32. The second-order valence-corrected chi connectivity index (χ2v) is 4.99. The zero-order chi connectivity index (χ0) is 13.1. The second-order valence-electron chi connectivity index (χ2n) is 4.99. The summed E-state index contributed by atoms with van der Waals surface area (Å²) in [5, 5.41) is 0. The zero-order valence-corrected chi connectivity index (χ0v) is 10.9. The minimum atomic E-state index is -0.250. The highest BCUT2D eigenvalue weighted by molar-refractivity contribution is 5.76. The lowest BCUT2D eigenvalue weighted by molar-refractivity contribution is -0.146. The van der Waals surface area contributed by atoms with Gasteiger partial charge in [0.25, 0.3) is 0 Å². The van der Waals surface area contributed by atoms with Gasteiger partial charge in [-0.2, -0.15) is 0 Å². The molecule has 4 heteroatoms. The first-order valence-electron chi connectivity index (χ1n) is 6.64. The van der Waals surface area contributed by atoms with Gasteiger partial charge in [-0.25, -0.2) is 0 Å². The van der Waals surface area contributed by atoms with Crippen LogP contribution < -0.4 is 0 Å². The van der Waals surface area contributed by atoms with Gasteiger partial charge in [0.1, 0.15) is 6.10 Å². The van der Waals surface area contributed by atoms with Crippen molar-refractivity contribution in [2.24, 2.45) is 17.8 Å². The molecule has 0 unspecified atom stereocenters. The number of ether oxygens (including phenoxy) is 2. The summed E-state index contributed by atoms with van der Waals surface area (Å²) in [5.41, 5.74) is 0. The maximum atomic E-state index is 11.7. The van der Waals surface area contributed by atoms with E-state index in [1.807, 2.05) is 19.1 Å². The standard InChI is InChI=1S/C14H20O4/c1-3-17-14(16)13-11-6-4-5-10(18-9(2)15)7-8-12(11)13/h4-5,10-13H,3,6-8H2,1-2H3/b5-4-/t10-,11+,12-,13+/m0/s1. The van der Waals surface area contributed by atoms with Gasteiger partial charge < -0.3 is 9.47 Å². The lowest BCUT2D eigenvalue weighted by Crippen LogP contribution is -2.15. The Labute approximate surface area is 107 Å². The normalized spacial score (nSPS) is 35.7. The maximum Gasteiger partial charge on any atom is 0.309 e. The molecular weight excluding hydrogens is 232 g/mol. The smallest absolute Gasteiger partial charge is 0.309 e. The van der Waals surface area contributed by atoms with Crippen molar-refractivity contribution in [3.8, 4) is 0 Å². The van der Waals surface area contributed by atoms with Crippen molar-refractivity contribution in [2.45, 2.75) is 39.2 Å². The van der Waals surface area contributed by atoms with Crippen molar-refractivity contribution >= 4 is 11.9 Å². The third-order valence-corrected chi connectivity index (χ3v) is 3.75. The van der Waals surface area contributed by atoms with Crippen molar-refractivity contribution in [1.82, 2.24) is 0 Å². The molecule has 4 nitrogen and oxygen atoms in total. The summed E-state index contributed by atoms with van der Waals surface area (Å²) < 4.78 is 10.3. The molecule has 0 aromatic heterocycles. The molecule has 2 aliphatic rings. The van der Waals surface area contributed by atoms with Gasteiger partial charge in [0.05, 0.1) is 12.5 Å². The molecule has 0 radical (unpaired) electrons. The van der Waals surface area contributed by atoms with Crippen LogP contribution in [0.1, 0.15) is 33.1 Å². The van der Waals surface area contributed by atoms with Gasteiger partial charge in [0.15, 0.2) is 0 Å². The summed E-state index contributed by atoms with van der Waals surface area (Å²) in [5.74, 6) is 0.586.